The van der Waals surface area contributed by atoms with Gasteiger partial charge in [0, 0.05) is 11.4 Å². The molecule has 1 aromatic carbocycles. The molecule has 7 heteroatoms. The standard InChI is InChI=1S/C13H14N4O2S/c1-2-8-14-12-11(17(18)19)13(16-9-15-12)20-10-6-4-3-5-7-10/h3-7,9H,2,8H2,1H3,(H,14,15,16). The SMILES string of the molecule is CCCNc1ncnc(Sc2ccccc2)c1[N+](=O)[O-]. The summed E-state index contributed by atoms with van der Waals surface area (Å²) in [5.41, 5.74) is -0.0743. The molecule has 0 spiro atoms. The summed E-state index contributed by atoms with van der Waals surface area (Å²) in [6.07, 6.45) is 2.21. The summed E-state index contributed by atoms with van der Waals surface area (Å²) < 4.78 is 0. The van der Waals surface area contributed by atoms with Crippen LogP contribution in [-0.4, -0.2) is 21.4 Å². The van der Waals surface area contributed by atoms with Crippen molar-refractivity contribution in [3.8, 4) is 0 Å². The minimum Gasteiger partial charge on any atom is -0.364 e. The Morgan fingerprint density at radius 3 is 2.70 bits per heavy atom. The number of rotatable bonds is 6. The van der Waals surface area contributed by atoms with E-state index >= 15 is 0 Å². The largest absolute Gasteiger partial charge is 0.364 e. The van der Waals surface area contributed by atoms with Gasteiger partial charge in [-0.1, -0.05) is 36.9 Å². The van der Waals surface area contributed by atoms with Gasteiger partial charge in [0.2, 0.25) is 5.82 Å². The van der Waals surface area contributed by atoms with E-state index in [9.17, 15) is 10.1 Å². The zero-order valence-corrected chi connectivity index (χ0v) is 11.8. The summed E-state index contributed by atoms with van der Waals surface area (Å²) in [4.78, 5) is 19.7. The molecule has 2 rings (SSSR count). The van der Waals surface area contributed by atoms with Crippen LogP contribution in [0, 0.1) is 10.1 Å². The van der Waals surface area contributed by atoms with Crippen LogP contribution in [0.25, 0.3) is 0 Å². The van der Waals surface area contributed by atoms with Gasteiger partial charge in [0.15, 0.2) is 5.03 Å². The normalized spacial score (nSPS) is 10.2. The lowest BCUT2D eigenvalue weighted by Crippen LogP contribution is -2.07. The topological polar surface area (TPSA) is 81.0 Å². The fourth-order valence-corrected chi connectivity index (χ4v) is 2.46. The summed E-state index contributed by atoms with van der Waals surface area (Å²) in [5, 5.41) is 14.6. The summed E-state index contributed by atoms with van der Waals surface area (Å²) in [7, 11) is 0. The summed E-state index contributed by atoms with van der Waals surface area (Å²) in [6, 6.07) is 9.43. The Morgan fingerprint density at radius 1 is 1.30 bits per heavy atom. The lowest BCUT2D eigenvalue weighted by molar-refractivity contribution is -0.387. The number of benzene rings is 1. The van der Waals surface area contributed by atoms with Crippen LogP contribution < -0.4 is 5.32 Å². The van der Waals surface area contributed by atoms with E-state index in [1.54, 1.807) is 0 Å². The predicted molar refractivity (Wildman–Crippen MR) is 78.0 cm³/mol. The number of nitrogens with one attached hydrogen (secondary N) is 1. The number of aromatic nitrogens is 2. The monoisotopic (exact) mass is 290 g/mol. The van der Waals surface area contributed by atoms with Crippen molar-refractivity contribution >= 4 is 23.3 Å². The molecule has 20 heavy (non-hydrogen) atoms. The van der Waals surface area contributed by atoms with Crippen molar-refractivity contribution in [2.24, 2.45) is 0 Å². The van der Waals surface area contributed by atoms with Crippen LogP contribution in [0.15, 0.2) is 46.6 Å². The fourth-order valence-electron chi connectivity index (χ4n) is 1.57. The predicted octanol–water partition coefficient (Wildman–Crippen LogP) is 3.36. The molecule has 0 saturated carbocycles. The fraction of sp³-hybridized carbons (Fsp3) is 0.231. The molecule has 0 unspecified atom stereocenters. The van der Waals surface area contributed by atoms with Crippen molar-refractivity contribution < 1.29 is 4.92 Å². The molecule has 0 fully saturated rings. The smallest absolute Gasteiger partial charge is 0.343 e. The average molecular weight is 290 g/mol. The Labute approximate surface area is 120 Å². The molecule has 0 aliphatic heterocycles. The molecule has 1 heterocycles. The van der Waals surface area contributed by atoms with Crippen molar-refractivity contribution in [2.45, 2.75) is 23.3 Å². The summed E-state index contributed by atoms with van der Waals surface area (Å²) >= 11 is 1.26. The van der Waals surface area contributed by atoms with Crippen LogP contribution in [0.4, 0.5) is 11.5 Å². The van der Waals surface area contributed by atoms with E-state index in [0.717, 1.165) is 11.3 Å². The molecule has 104 valence electrons. The second kappa shape index (κ2) is 6.85. The van der Waals surface area contributed by atoms with Gasteiger partial charge in [0.25, 0.3) is 0 Å². The Balaban J connectivity index is 2.34. The van der Waals surface area contributed by atoms with Gasteiger partial charge in [0.1, 0.15) is 6.33 Å². The lowest BCUT2D eigenvalue weighted by atomic mass is 10.4. The van der Waals surface area contributed by atoms with Crippen LogP contribution in [0.2, 0.25) is 0 Å². The number of hydrogen-bond acceptors (Lipinski definition) is 6. The minimum absolute atomic E-state index is 0.0743. The van der Waals surface area contributed by atoms with Gasteiger partial charge in [-0.25, -0.2) is 9.97 Å². The van der Waals surface area contributed by atoms with Gasteiger partial charge < -0.3 is 5.32 Å². The molecule has 0 bridgehead atoms. The lowest BCUT2D eigenvalue weighted by Gasteiger charge is -2.07. The van der Waals surface area contributed by atoms with Gasteiger partial charge in [-0.2, -0.15) is 0 Å². The highest BCUT2D eigenvalue weighted by molar-refractivity contribution is 7.99. The molecular weight excluding hydrogens is 276 g/mol. The molecule has 1 aromatic heterocycles. The quantitative estimate of drug-likeness (QED) is 0.499. The van der Waals surface area contributed by atoms with E-state index in [0.29, 0.717) is 11.6 Å². The molecule has 0 amide bonds. The second-order valence-corrected chi connectivity index (χ2v) is 5.04. The van der Waals surface area contributed by atoms with E-state index in [4.69, 9.17) is 0 Å². The Kier molecular flexibility index (Phi) is 4.89. The maximum absolute atomic E-state index is 11.3. The van der Waals surface area contributed by atoms with Crippen LogP contribution in [0.1, 0.15) is 13.3 Å². The maximum atomic E-state index is 11.3. The second-order valence-electron chi connectivity index (χ2n) is 3.98. The summed E-state index contributed by atoms with van der Waals surface area (Å²) in [6.45, 7) is 2.62. The van der Waals surface area contributed by atoms with Crippen molar-refractivity contribution in [3.05, 3.63) is 46.8 Å². The van der Waals surface area contributed by atoms with Crippen molar-refractivity contribution in [2.75, 3.05) is 11.9 Å². The highest BCUT2D eigenvalue weighted by Crippen LogP contribution is 2.36. The first kappa shape index (κ1) is 14.3. The van der Waals surface area contributed by atoms with Crippen LogP contribution in [-0.2, 0) is 0 Å². The van der Waals surface area contributed by atoms with Gasteiger partial charge in [-0.05, 0) is 18.6 Å². The average Bonchev–Trinajstić information content (AvgIpc) is 2.46. The molecule has 0 aliphatic carbocycles. The van der Waals surface area contributed by atoms with Crippen molar-refractivity contribution in [1.82, 2.24) is 9.97 Å². The van der Waals surface area contributed by atoms with E-state index in [1.165, 1.54) is 18.1 Å². The highest BCUT2D eigenvalue weighted by atomic mass is 32.2. The molecule has 1 N–H and O–H groups in total. The van der Waals surface area contributed by atoms with Gasteiger partial charge in [0.05, 0.1) is 4.92 Å². The zero-order valence-electron chi connectivity index (χ0n) is 10.9. The highest BCUT2D eigenvalue weighted by Gasteiger charge is 2.23. The molecule has 6 nitrogen and oxygen atoms in total. The first-order chi connectivity index (χ1) is 9.72. The number of anilines is 1. The van der Waals surface area contributed by atoms with Crippen molar-refractivity contribution in [3.63, 3.8) is 0 Å². The number of nitrogens with zero attached hydrogens (tertiary/aromatic N) is 3. The number of hydrogen-bond donors (Lipinski definition) is 1. The Morgan fingerprint density at radius 2 is 2.05 bits per heavy atom. The van der Waals surface area contributed by atoms with Gasteiger partial charge in [-0.3, -0.25) is 10.1 Å². The van der Waals surface area contributed by atoms with E-state index in [2.05, 4.69) is 15.3 Å². The Hall–Kier alpha value is -2.15. The van der Waals surface area contributed by atoms with Gasteiger partial charge in [-0.15, -0.1) is 0 Å². The summed E-state index contributed by atoms with van der Waals surface area (Å²) in [5.74, 6) is 0.269. The maximum Gasteiger partial charge on any atom is 0.343 e. The van der Waals surface area contributed by atoms with Crippen LogP contribution in [0.5, 0.6) is 0 Å². The van der Waals surface area contributed by atoms with Crippen LogP contribution >= 0.6 is 11.8 Å². The minimum atomic E-state index is -0.441. The first-order valence-electron chi connectivity index (χ1n) is 6.18. The molecule has 0 aliphatic rings. The van der Waals surface area contributed by atoms with E-state index < -0.39 is 4.92 Å². The first-order valence-corrected chi connectivity index (χ1v) is 7.00. The third-order valence-electron chi connectivity index (χ3n) is 2.47. The van der Waals surface area contributed by atoms with Gasteiger partial charge >= 0.3 is 5.69 Å². The number of nitro groups is 1. The van der Waals surface area contributed by atoms with E-state index in [1.807, 2.05) is 37.3 Å². The molecule has 0 atom stereocenters. The molecule has 0 radical (unpaired) electrons. The van der Waals surface area contributed by atoms with Crippen molar-refractivity contribution in [1.29, 1.82) is 0 Å². The molecule has 2 aromatic rings. The third-order valence-corrected chi connectivity index (χ3v) is 3.47. The van der Waals surface area contributed by atoms with E-state index in [-0.39, 0.29) is 11.5 Å². The third kappa shape index (κ3) is 3.45. The molecular formula is C13H14N4O2S. The van der Waals surface area contributed by atoms with Crippen LogP contribution in [0.3, 0.4) is 0 Å². The zero-order chi connectivity index (χ0) is 14.4. The molecule has 0 saturated heterocycles. The Bertz CT molecular complexity index is 592.